The van der Waals surface area contributed by atoms with E-state index >= 15 is 0 Å². The van der Waals surface area contributed by atoms with Crippen molar-refractivity contribution in [2.75, 3.05) is 4.90 Å². The summed E-state index contributed by atoms with van der Waals surface area (Å²) in [4.78, 5) is 23.4. The van der Waals surface area contributed by atoms with Gasteiger partial charge in [-0.25, -0.2) is 4.79 Å². The first-order chi connectivity index (χ1) is 21.9. The summed E-state index contributed by atoms with van der Waals surface area (Å²) >= 11 is 3.55. The molecular weight excluding hydrogens is 593 g/mol. The van der Waals surface area contributed by atoms with E-state index in [0.717, 1.165) is 38.9 Å². The van der Waals surface area contributed by atoms with E-state index in [1.807, 2.05) is 12.1 Å². The smallest absolute Gasteiger partial charge is 0.335 e. The molecule has 6 heteroatoms. The normalized spacial score (nSPS) is 13.5. The number of rotatable bonds is 8. The summed E-state index contributed by atoms with van der Waals surface area (Å²) in [5, 5.41) is 9.43. The Morgan fingerprint density at radius 1 is 0.689 bits per heavy atom. The third-order valence-electron chi connectivity index (χ3n) is 8.12. The van der Waals surface area contributed by atoms with E-state index in [4.69, 9.17) is 4.99 Å². The van der Waals surface area contributed by atoms with E-state index in [0.29, 0.717) is 0 Å². The van der Waals surface area contributed by atoms with Gasteiger partial charge < -0.3 is 10.0 Å². The van der Waals surface area contributed by atoms with Gasteiger partial charge in [0.1, 0.15) is 0 Å². The predicted octanol–water partition coefficient (Wildman–Crippen LogP) is 11.4. The van der Waals surface area contributed by atoms with Crippen LogP contribution in [0, 0.1) is 0 Å². The predicted molar refractivity (Wildman–Crippen MR) is 190 cm³/mol. The molecule has 4 nitrogen and oxygen atoms in total. The van der Waals surface area contributed by atoms with Crippen molar-refractivity contribution in [1.82, 2.24) is 0 Å². The molecule has 1 N–H and O–H groups in total. The molecule has 0 amide bonds. The lowest BCUT2D eigenvalue weighted by Gasteiger charge is -2.25. The lowest BCUT2D eigenvalue weighted by atomic mass is 9.81. The van der Waals surface area contributed by atoms with E-state index in [1.54, 1.807) is 40.9 Å². The number of aromatic carboxylic acids is 1. The summed E-state index contributed by atoms with van der Waals surface area (Å²) in [7, 11) is 0. The quantitative estimate of drug-likeness (QED) is 0.184. The van der Waals surface area contributed by atoms with Crippen LogP contribution in [0.15, 0.2) is 138 Å². The molecule has 0 spiro atoms. The molecule has 2 aromatic heterocycles. The molecular formula is C39H30N2O2S2. The first kappa shape index (κ1) is 28.7. The molecule has 4 aromatic carbocycles. The van der Waals surface area contributed by atoms with Crippen LogP contribution in [-0.4, -0.2) is 16.8 Å². The Bertz CT molecular complexity index is 2010. The van der Waals surface area contributed by atoms with Crippen molar-refractivity contribution < 1.29 is 9.90 Å². The second kappa shape index (κ2) is 11.8. The van der Waals surface area contributed by atoms with Gasteiger partial charge in [0.25, 0.3) is 0 Å². The van der Waals surface area contributed by atoms with Crippen molar-refractivity contribution in [3.63, 3.8) is 0 Å². The third-order valence-corrected chi connectivity index (χ3v) is 10.5. The molecule has 1 aliphatic rings. The zero-order valence-corrected chi connectivity index (χ0v) is 26.5. The number of para-hydroxylation sites is 2. The molecule has 7 rings (SSSR count). The van der Waals surface area contributed by atoms with Crippen molar-refractivity contribution in [2.24, 2.45) is 4.99 Å². The largest absolute Gasteiger partial charge is 0.478 e. The van der Waals surface area contributed by atoms with Crippen LogP contribution in [0.4, 0.5) is 22.7 Å². The van der Waals surface area contributed by atoms with E-state index in [-0.39, 0.29) is 11.0 Å². The number of aliphatic imine (C=N–C) groups is 1. The van der Waals surface area contributed by atoms with Crippen LogP contribution in [-0.2, 0) is 5.41 Å². The Balaban J connectivity index is 1.08. The molecule has 3 heterocycles. The van der Waals surface area contributed by atoms with Gasteiger partial charge in [-0.1, -0.05) is 62.4 Å². The van der Waals surface area contributed by atoms with Crippen LogP contribution in [0.1, 0.15) is 34.6 Å². The first-order valence-corrected chi connectivity index (χ1v) is 16.4. The van der Waals surface area contributed by atoms with Gasteiger partial charge in [-0.2, -0.15) is 0 Å². The number of carboxylic acid groups (broad SMARTS) is 1. The number of anilines is 3. The van der Waals surface area contributed by atoms with E-state index in [1.165, 1.54) is 20.2 Å². The number of carboxylic acids is 1. The number of thiophene rings is 2. The highest BCUT2D eigenvalue weighted by atomic mass is 32.1. The van der Waals surface area contributed by atoms with Crippen LogP contribution in [0.3, 0.4) is 0 Å². The third kappa shape index (κ3) is 5.66. The monoisotopic (exact) mass is 622 g/mol. The van der Waals surface area contributed by atoms with E-state index < -0.39 is 5.97 Å². The molecule has 0 saturated carbocycles. The number of benzene rings is 4. The van der Waals surface area contributed by atoms with Crippen molar-refractivity contribution >= 4 is 63.2 Å². The summed E-state index contributed by atoms with van der Waals surface area (Å²) in [5.74, 6) is -0.921. The molecule has 0 saturated heterocycles. The number of fused-ring (bicyclic) bond motifs is 1. The van der Waals surface area contributed by atoms with Crippen LogP contribution < -0.4 is 4.90 Å². The van der Waals surface area contributed by atoms with Crippen LogP contribution >= 0.6 is 22.7 Å². The molecule has 0 aliphatic carbocycles. The molecule has 0 bridgehead atoms. The highest BCUT2D eigenvalue weighted by Gasteiger charge is 2.34. The number of carbonyl (C=O) groups is 1. The summed E-state index contributed by atoms with van der Waals surface area (Å²) in [6, 6.07) is 43.6. The number of hydrogen-bond acceptors (Lipinski definition) is 5. The zero-order valence-electron chi connectivity index (χ0n) is 24.8. The summed E-state index contributed by atoms with van der Waals surface area (Å²) < 4.78 is 0. The van der Waals surface area contributed by atoms with Gasteiger partial charge in [0.05, 0.1) is 17.0 Å². The lowest BCUT2D eigenvalue weighted by molar-refractivity contribution is 0.0696. The van der Waals surface area contributed by atoms with Crippen molar-refractivity contribution in [1.29, 1.82) is 0 Å². The summed E-state index contributed by atoms with van der Waals surface area (Å²) in [5.41, 5.74) is 7.19. The van der Waals surface area contributed by atoms with Gasteiger partial charge in [-0.15, -0.1) is 22.7 Å². The van der Waals surface area contributed by atoms with Crippen LogP contribution in [0.25, 0.3) is 26.3 Å². The van der Waals surface area contributed by atoms with Gasteiger partial charge in [-0.3, -0.25) is 4.99 Å². The molecule has 45 heavy (non-hydrogen) atoms. The SMILES string of the molecule is CC1(C)C(C=Cc2ccc(-c3ccc(-c4ccc(N(c5ccccc5)c5ccccc5)cc4)s3)s2)=Nc2ccc(C(=O)O)cc21. The molecule has 220 valence electrons. The summed E-state index contributed by atoms with van der Waals surface area (Å²) in [6.45, 7) is 4.18. The van der Waals surface area contributed by atoms with Gasteiger partial charge in [0.15, 0.2) is 0 Å². The second-order valence-electron chi connectivity index (χ2n) is 11.4. The average molecular weight is 623 g/mol. The van der Waals surface area contributed by atoms with E-state index in [9.17, 15) is 9.90 Å². The number of hydrogen-bond donors (Lipinski definition) is 1. The van der Waals surface area contributed by atoms with Crippen molar-refractivity contribution in [2.45, 2.75) is 19.3 Å². The Morgan fingerprint density at radius 2 is 1.29 bits per heavy atom. The lowest BCUT2D eigenvalue weighted by Crippen LogP contribution is -2.24. The molecule has 6 aromatic rings. The molecule has 1 aliphatic heterocycles. The fraction of sp³-hybridized carbons (Fsp3) is 0.0769. The number of allylic oxidation sites excluding steroid dienone is 1. The first-order valence-electron chi connectivity index (χ1n) is 14.7. The van der Waals surface area contributed by atoms with Crippen molar-refractivity contribution in [3.05, 3.63) is 149 Å². The standard InChI is InChI=1S/C39H30N2O2S2/c1-39(2)32-25-27(38(42)43)15-20-33(32)40-37(39)24-19-31-18-21-35(44-31)36-23-22-34(45-36)26-13-16-30(17-14-26)41(28-9-5-3-6-10-28)29-11-7-4-8-12-29/h3-25H,1-2H3,(H,42,43). The van der Waals surface area contributed by atoms with Crippen LogP contribution in [0.2, 0.25) is 0 Å². The number of nitrogens with zero attached hydrogens (tertiary/aromatic N) is 2. The molecule has 0 unspecified atom stereocenters. The molecule has 0 radical (unpaired) electrons. The Morgan fingerprint density at radius 3 is 1.96 bits per heavy atom. The van der Waals surface area contributed by atoms with Gasteiger partial charge in [0, 0.05) is 42.0 Å². The maximum absolute atomic E-state index is 11.5. The minimum atomic E-state index is -0.921. The maximum atomic E-state index is 11.5. The van der Waals surface area contributed by atoms with Crippen LogP contribution in [0.5, 0.6) is 0 Å². The minimum absolute atomic E-state index is 0.290. The fourth-order valence-electron chi connectivity index (χ4n) is 5.66. The van der Waals surface area contributed by atoms with Gasteiger partial charge in [-0.05, 0) is 102 Å². The molecule has 0 fully saturated rings. The highest BCUT2D eigenvalue weighted by Crippen LogP contribution is 2.42. The Labute approximate surface area is 270 Å². The fourth-order valence-corrected chi connectivity index (χ4v) is 7.67. The second-order valence-corrected chi connectivity index (χ2v) is 13.6. The van der Waals surface area contributed by atoms with Crippen molar-refractivity contribution in [3.8, 4) is 20.2 Å². The maximum Gasteiger partial charge on any atom is 0.335 e. The van der Waals surface area contributed by atoms with Gasteiger partial charge in [0.2, 0.25) is 0 Å². The van der Waals surface area contributed by atoms with E-state index in [2.05, 4.69) is 128 Å². The average Bonchev–Trinajstić information content (AvgIpc) is 3.80. The zero-order chi connectivity index (χ0) is 31.0. The van der Waals surface area contributed by atoms with Gasteiger partial charge >= 0.3 is 5.97 Å². The minimum Gasteiger partial charge on any atom is -0.478 e. The molecule has 0 atom stereocenters. The highest BCUT2D eigenvalue weighted by molar-refractivity contribution is 7.24. The Kier molecular flexibility index (Phi) is 7.53. The summed E-state index contributed by atoms with van der Waals surface area (Å²) in [6.07, 6.45) is 4.17. The Hall–Kier alpha value is -5.04. The topological polar surface area (TPSA) is 52.9 Å².